The van der Waals surface area contributed by atoms with E-state index in [0.717, 1.165) is 43.1 Å². The molecule has 0 aliphatic carbocycles. The Labute approximate surface area is 137 Å². The fraction of sp³-hybridized carbons (Fsp3) is 0.353. The van der Waals surface area contributed by atoms with Crippen molar-refractivity contribution in [2.75, 3.05) is 18.5 Å². The molecule has 24 heavy (non-hydrogen) atoms. The van der Waals surface area contributed by atoms with E-state index >= 15 is 0 Å². The minimum absolute atomic E-state index is 0.261. The summed E-state index contributed by atoms with van der Waals surface area (Å²) >= 11 is 0. The van der Waals surface area contributed by atoms with Crippen molar-refractivity contribution in [2.45, 2.75) is 24.2 Å². The molecule has 3 heterocycles. The first-order valence-corrected chi connectivity index (χ1v) is 7.73. The molecule has 2 aliphatic heterocycles. The lowest BCUT2D eigenvalue weighted by molar-refractivity contribution is -0.141. The molecule has 2 aliphatic rings. The third-order valence-corrected chi connectivity index (χ3v) is 4.56. The van der Waals surface area contributed by atoms with Gasteiger partial charge < -0.3 is 15.4 Å². The lowest BCUT2D eigenvalue weighted by atomic mass is 9.93. The zero-order valence-corrected chi connectivity index (χ0v) is 12.7. The highest BCUT2D eigenvalue weighted by molar-refractivity contribution is 5.60. The van der Waals surface area contributed by atoms with E-state index in [1.807, 2.05) is 24.3 Å². The van der Waals surface area contributed by atoms with Crippen LogP contribution in [0.1, 0.15) is 17.7 Å². The molecule has 0 unspecified atom stereocenters. The van der Waals surface area contributed by atoms with Crippen molar-refractivity contribution >= 4 is 11.4 Å². The fourth-order valence-corrected chi connectivity index (χ4v) is 3.33. The molecule has 0 saturated carbocycles. The van der Waals surface area contributed by atoms with Crippen LogP contribution in [0.5, 0.6) is 0 Å². The quantitative estimate of drug-likeness (QED) is 0.902. The number of anilines is 2. The van der Waals surface area contributed by atoms with Crippen LogP contribution >= 0.6 is 0 Å². The minimum atomic E-state index is -4.45. The monoisotopic (exact) mass is 335 g/mol. The Kier molecular flexibility index (Phi) is 3.51. The van der Waals surface area contributed by atoms with Gasteiger partial charge in [0.1, 0.15) is 11.3 Å². The van der Waals surface area contributed by atoms with Crippen molar-refractivity contribution < 1.29 is 17.9 Å². The van der Waals surface area contributed by atoms with E-state index in [2.05, 4.69) is 15.6 Å². The molecule has 2 fully saturated rings. The maximum atomic E-state index is 12.7. The number of hydrogen-bond acceptors (Lipinski definition) is 4. The molecule has 2 saturated heterocycles. The topological polar surface area (TPSA) is 46.2 Å². The van der Waals surface area contributed by atoms with E-state index in [1.54, 1.807) is 0 Å². The van der Waals surface area contributed by atoms with Crippen molar-refractivity contribution in [3.05, 3.63) is 53.9 Å². The van der Waals surface area contributed by atoms with Gasteiger partial charge in [0.05, 0.1) is 6.61 Å². The van der Waals surface area contributed by atoms with Crippen molar-refractivity contribution in [2.24, 2.45) is 0 Å². The zero-order valence-electron chi connectivity index (χ0n) is 12.7. The van der Waals surface area contributed by atoms with Crippen molar-refractivity contribution in [3.63, 3.8) is 0 Å². The number of aromatic nitrogens is 1. The standard InChI is InChI=1S/C17H16F3N3O/c18-17(19,20)15-7-13(5-6-21-15)23-12-3-1-11(2-4-12)16-8-14(9-24-16)22-10-16/h1-7,14,22H,8-10H2,(H,21,23)/t14-,16-/m1/s1. The van der Waals surface area contributed by atoms with Gasteiger partial charge in [-0.05, 0) is 36.2 Å². The minimum Gasteiger partial charge on any atom is -0.367 e. The van der Waals surface area contributed by atoms with Gasteiger partial charge in [-0.3, -0.25) is 4.98 Å². The summed E-state index contributed by atoms with van der Waals surface area (Å²) in [6, 6.07) is 10.6. The van der Waals surface area contributed by atoms with Crippen LogP contribution in [-0.4, -0.2) is 24.2 Å². The number of halogens is 3. The molecule has 2 aromatic rings. The van der Waals surface area contributed by atoms with E-state index in [-0.39, 0.29) is 5.60 Å². The second kappa shape index (κ2) is 5.46. The van der Waals surface area contributed by atoms with E-state index < -0.39 is 11.9 Å². The summed E-state index contributed by atoms with van der Waals surface area (Å²) in [5.74, 6) is 0. The summed E-state index contributed by atoms with van der Waals surface area (Å²) in [7, 11) is 0. The second-order valence-electron chi connectivity index (χ2n) is 6.22. The lowest BCUT2D eigenvalue weighted by Crippen LogP contribution is -2.37. The Bertz CT molecular complexity index is 737. The Morgan fingerprint density at radius 3 is 2.54 bits per heavy atom. The van der Waals surface area contributed by atoms with Gasteiger partial charge in [-0.1, -0.05) is 12.1 Å². The highest BCUT2D eigenvalue weighted by Gasteiger charge is 2.47. The number of nitrogens with zero attached hydrogens (tertiary/aromatic N) is 1. The predicted octanol–water partition coefficient (Wildman–Crippen LogP) is 3.43. The Morgan fingerprint density at radius 1 is 1.17 bits per heavy atom. The lowest BCUT2D eigenvalue weighted by Gasteiger charge is -2.27. The Balaban J connectivity index is 1.52. The van der Waals surface area contributed by atoms with Crippen LogP contribution in [-0.2, 0) is 16.5 Å². The van der Waals surface area contributed by atoms with Crippen LogP contribution < -0.4 is 10.6 Å². The smallest absolute Gasteiger partial charge is 0.367 e. The van der Waals surface area contributed by atoms with Gasteiger partial charge in [0.15, 0.2) is 0 Å². The summed E-state index contributed by atoms with van der Waals surface area (Å²) in [5, 5.41) is 6.39. The van der Waals surface area contributed by atoms with Gasteiger partial charge in [-0.15, -0.1) is 0 Å². The average molecular weight is 335 g/mol. The van der Waals surface area contributed by atoms with Gasteiger partial charge in [0, 0.05) is 30.2 Å². The average Bonchev–Trinajstić information content (AvgIpc) is 3.17. The van der Waals surface area contributed by atoms with Gasteiger partial charge >= 0.3 is 6.18 Å². The molecule has 0 radical (unpaired) electrons. The molecule has 7 heteroatoms. The molecular formula is C17H16F3N3O. The molecule has 0 spiro atoms. The highest BCUT2D eigenvalue weighted by atomic mass is 19.4. The number of nitrogens with one attached hydrogen (secondary N) is 2. The molecule has 1 aromatic heterocycles. The normalized spacial score (nSPS) is 25.9. The van der Waals surface area contributed by atoms with Gasteiger partial charge in [0.2, 0.25) is 0 Å². The first kappa shape index (κ1) is 15.4. The van der Waals surface area contributed by atoms with E-state index in [1.165, 1.54) is 6.07 Å². The number of hydrogen-bond donors (Lipinski definition) is 2. The largest absolute Gasteiger partial charge is 0.433 e. The molecule has 0 amide bonds. The second-order valence-corrected chi connectivity index (χ2v) is 6.22. The van der Waals surface area contributed by atoms with Gasteiger partial charge in [-0.25, -0.2) is 0 Å². The Morgan fingerprint density at radius 2 is 1.96 bits per heavy atom. The van der Waals surface area contributed by atoms with E-state index in [9.17, 15) is 13.2 Å². The van der Waals surface area contributed by atoms with Crippen LogP contribution in [0, 0.1) is 0 Å². The summed E-state index contributed by atoms with van der Waals surface area (Å²) in [5.41, 5.74) is 0.984. The van der Waals surface area contributed by atoms with Gasteiger partial charge in [-0.2, -0.15) is 13.2 Å². The fourth-order valence-electron chi connectivity index (χ4n) is 3.33. The van der Waals surface area contributed by atoms with Crippen LogP contribution in [0.2, 0.25) is 0 Å². The summed E-state index contributed by atoms with van der Waals surface area (Å²) < 4.78 is 44.0. The number of fused-ring (bicyclic) bond motifs is 2. The van der Waals surface area contributed by atoms with Crippen molar-refractivity contribution in [1.29, 1.82) is 0 Å². The molecule has 2 N–H and O–H groups in total. The highest BCUT2D eigenvalue weighted by Crippen LogP contribution is 2.40. The SMILES string of the molecule is FC(F)(F)c1cc(Nc2ccc([C@@]34CN[C@@H](CO3)C4)cc2)ccn1. The third kappa shape index (κ3) is 2.74. The van der Waals surface area contributed by atoms with E-state index in [0.29, 0.717) is 11.7 Å². The van der Waals surface area contributed by atoms with Crippen molar-refractivity contribution in [3.8, 4) is 0 Å². The molecule has 2 atom stereocenters. The summed E-state index contributed by atoms with van der Waals surface area (Å²) in [6.07, 6.45) is -2.35. The maximum absolute atomic E-state index is 12.7. The molecular weight excluding hydrogens is 319 g/mol. The number of rotatable bonds is 3. The van der Waals surface area contributed by atoms with Crippen LogP contribution in [0.4, 0.5) is 24.5 Å². The number of alkyl halides is 3. The molecule has 1 aromatic carbocycles. The molecule has 126 valence electrons. The molecule has 4 rings (SSSR count). The first-order chi connectivity index (χ1) is 11.4. The third-order valence-electron chi connectivity index (χ3n) is 4.56. The van der Waals surface area contributed by atoms with E-state index in [4.69, 9.17) is 4.74 Å². The van der Waals surface area contributed by atoms with Gasteiger partial charge in [0.25, 0.3) is 0 Å². The Hall–Kier alpha value is -2.12. The van der Waals surface area contributed by atoms with Crippen LogP contribution in [0.25, 0.3) is 0 Å². The van der Waals surface area contributed by atoms with Crippen molar-refractivity contribution in [1.82, 2.24) is 10.3 Å². The van der Waals surface area contributed by atoms with Crippen LogP contribution in [0.15, 0.2) is 42.6 Å². The first-order valence-electron chi connectivity index (χ1n) is 7.73. The summed E-state index contributed by atoms with van der Waals surface area (Å²) in [4.78, 5) is 3.36. The number of benzene rings is 1. The number of morpholine rings is 1. The number of pyridine rings is 1. The predicted molar refractivity (Wildman–Crippen MR) is 83.0 cm³/mol. The summed E-state index contributed by atoms with van der Waals surface area (Å²) in [6.45, 7) is 1.51. The maximum Gasteiger partial charge on any atom is 0.433 e. The van der Waals surface area contributed by atoms with Crippen LogP contribution in [0.3, 0.4) is 0 Å². The number of ether oxygens (including phenoxy) is 1. The molecule has 4 nitrogen and oxygen atoms in total. The molecule has 2 bridgehead atoms. The zero-order chi connectivity index (χ0) is 16.8.